The largest absolute Gasteiger partial charge is 0.306 e. The second kappa shape index (κ2) is 10.7. The molecule has 0 radical (unpaired) electrons. The van der Waals surface area contributed by atoms with Crippen molar-refractivity contribution in [2.75, 3.05) is 13.1 Å². The van der Waals surface area contributed by atoms with E-state index in [9.17, 15) is 9.59 Å². The standard InChI is InChI=1S/C24H30N2O2/c1-4-21(25-18-23(28)20-14-10-7-11-15-20)17-26-24(3,5-2)16-22(27)19-12-8-6-9-13-19/h6-15,26H,4-5,16-18H2,1-3H3. The van der Waals surface area contributed by atoms with Gasteiger partial charge in [-0.05, 0) is 19.8 Å². The number of benzene rings is 2. The van der Waals surface area contributed by atoms with Crippen LogP contribution in [0.4, 0.5) is 0 Å². The first-order valence-corrected chi connectivity index (χ1v) is 9.91. The minimum Gasteiger partial charge on any atom is -0.306 e. The van der Waals surface area contributed by atoms with Gasteiger partial charge in [-0.2, -0.15) is 0 Å². The number of hydrogen-bond acceptors (Lipinski definition) is 4. The van der Waals surface area contributed by atoms with Gasteiger partial charge >= 0.3 is 0 Å². The third-order valence-electron chi connectivity index (χ3n) is 5.10. The van der Waals surface area contributed by atoms with Crippen LogP contribution < -0.4 is 5.32 Å². The molecule has 2 aromatic carbocycles. The molecule has 2 aromatic rings. The van der Waals surface area contributed by atoms with Gasteiger partial charge in [0.2, 0.25) is 0 Å². The molecule has 4 heteroatoms. The van der Waals surface area contributed by atoms with Gasteiger partial charge < -0.3 is 5.32 Å². The highest BCUT2D eigenvalue weighted by Crippen LogP contribution is 2.18. The van der Waals surface area contributed by atoms with Gasteiger partial charge in [-0.1, -0.05) is 74.5 Å². The van der Waals surface area contributed by atoms with Crippen molar-refractivity contribution in [3.63, 3.8) is 0 Å². The molecule has 1 unspecified atom stereocenters. The zero-order chi connectivity index (χ0) is 20.4. The number of hydrogen-bond donors (Lipinski definition) is 1. The highest BCUT2D eigenvalue weighted by Gasteiger charge is 2.25. The molecule has 0 aliphatic carbocycles. The van der Waals surface area contributed by atoms with E-state index in [4.69, 9.17) is 0 Å². The van der Waals surface area contributed by atoms with Gasteiger partial charge in [0, 0.05) is 35.3 Å². The highest BCUT2D eigenvalue weighted by molar-refractivity contribution is 5.99. The fraction of sp³-hybridized carbons (Fsp3) is 0.375. The van der Waals surface area contributed by atoms with Crippen LogP contribution in [0.1, 0.15) is 60.7 Å². The second-order valence-electron chi connectivity index (χ2n) is 7.26. The fourth-order valence-electron chi connectivity index (χ4n) is 2.90. The van der Waals surface area contributed by atoms with E-state index < -0.39 is 0 Å². The molecule has 0 heterocycles. The van der Waals surface area contributed by atoms with Gasteiger partial charge in [0.25, 0.3) is 0 Å². The molecule has 0 spiro atoms. The zero-order valence-corrected chi connectivity index (χ0v) is 17.1. The number of carbonyl (C=O) groups excluding carboxylic acids is 2. The van der Waals surface area contributed by atoms with Gasteiger partial charge in [-0.3, -0.25) is 14.6 Å². The van der Waals surface area contributed by atoms with Crippen LogP contribution in [0.3, 0.4) is 0 Å². The van der Waals surface area contributed by atoms with Gasteiger partial charge in [0.1, 0.15) is 6.54 Å². The van der Waals surface area contributed by atoms with Crippen molar-refractivity contribution in [2.24, 2.45) is 4.99 Å². The number of aliphatic imine (C=N–C) groups is 1. The molecule has 0 saturated carbocycles. The summed E-state index contributed by atoms with van der Waals surface area (Å²) in [7, 11) is 0. The van der Waals surface area contributed by atoms with E-state index in [-0.39, 0.29) is 23.7 Å². The predicted octanol–water partition coefficient (Wildman–Crippen LogP) is 4.75. The Bertz CT molecular complexity index is 800. The van der Waals surface area contributed by atoms with Gasteiger partial charge in [-0.15, -0.1) is 0 Å². The molecule has 2 rings (SSSR count). The van der Waals surface area contributed by atoms with E-state index in [2.05, 4.69) is 24.2 Å². The average molecular weight is 379 g/mol. The summed E-state index contributed by atoms with van der Waals surface area (Å²) in [6.45, 7) is 6.90. The number of rotatable bonds is 11. The van der Waals surface area contributed by atoms with Gasteiger partial charge in [0.15, 0.2) is 11.6 Å². The predicted molar refractivity (Wildman–Crippen MR) is 115 cm³/mol. The first kappa shape index (κ1) is 21.7. The van der Waals surface area contributed by atoms with Crippen LogP contribution in [0.2, 0.25) is 0 Å². The average Bonchev–Trinajstić information content (AvgIpc) is 2.74. The molecular weight excluding hydrogens is 348 g/mol. The number of ketones is 2. The Morgan fingerprint density at radius 2 is 1.43 bits per heavy atom. The molecule has 4 nitrogen and oxygen atoms in total. The maximum atomic E-state index is 12.6. The van der Waals surface area contributed by atoms with Crippen LogP contribution in [0.15, 0.2) is 65.7 Å². The van der Waals surface area contributed by atoms with Crippen LogP contribution in [-0.2, 0) is 0 Å². The van der Waals surface area contributed by atoms with Crippen molar-refractivity contribution in [3.05, 3.63) is 71.8 Å². The Balaban J connectivity index is 1.95. The first-order valence-electron chi connectivity index (χ1n) is 9.91. The molecule has 0 fully saturated rings. The summed E-state index contributed by atoms with van der Waals surface area (Å²) in [5.41, 5.74) is 2.05. The summed E-state index contributed by atoms with van der Waals surface area (Å²) in [6.07, 6.45) is 2.01. The third-order valence-corrected chi connectivity index (χ3v) is 5.10. The van der Waals surface area contributed by atoms with E-state index in [1.165, 1.54) is 0 Å². The lowest BCUT2D eigenvalue weighted by Crippen LogP contribution is -2.46. The quantitative estimate of drug-likeness (QED) is 0.453. The van der Waals surface area contributed by atoms with Gasteiger partial charge in [0.05, 0.1) is 0 Å². The maximum Gasteiger partial charge on any atom is 0.184 e. The number of carbonyl (C=O) groups is 2. The molecule has 1 N–H and O–H groups in total. The van der Waals surface area contributed by atoms with E-state index in [1.54, 1.807) is 0 Å². The third kappa shape index (κ3) is 6.54. The summed E-state index contributed by atoms with van der Waals surface area (Å²) in [5.74, 6) is 0.149. The van der Waals surface area contributed by atoms with Crippen molar-refractivity contribution in [3.8, 4) is 0 Å². The van der Waals surface area contributed by atoms with Crippen molar-refractivity contribution in [2.45, 2.75) is 45.6 Å². The van der Waals surface area contributed by atoms with Crippen molar-refractivity contribution >= 4 is 17.3 Å². The summed E-state index contributed by atoms with van der Waals surface area (Å²) in [6, 6.07) is 18.6. The van der Waals surface area contributed by atoms with E-state index >= 15 is 0 Å². The molecule has 148 valence electrons. The summed E-state index contributed by atoms with van der Waals surface area (Å²) >= 11 is 0. The molecule has 0 aliphatic rings. The number of nitrogens with zero attached hydrogens (tertiary/aromatic N) is 1. The van der Waals surface area contributed by atoms with Crippen molar-refractivity contribution in [1.82, 2.24) is 5.32 Å². The summed E-state index contributed by atoms with van der Waals surface area (Å²) in [5, 5.41) is 3.50. The van der Waals surface area contributed by atoms with E-state index in [0.29, 0.717) is 18.5 Å². The van der Waals surface area contributed by atoms with Crippen molar-refractivity contribution < 1.29 is 9.59 Å². The Hall–Kier alpha value is -2.59. The SMILES string of the molecule is CCC(CNC(C)(CC)CC(=O)c1ccccc1)=NCC(=O)c1ccccc1. The lowest BCUT2D eigenvalue weighted by atomic mass is 9.89. The van der Waals surface area contributed by atoms with E-state index in [0.717, 1.165) is 24.1 Å². The topological polar surface area (TPSA) is 58.5 Å². The number of nitrogens with one attached hydrogen (secondary N) is 1. The highest BCUT2D eigenvalue weighted by atomic mass is 16.1. The molecular formula is C24H30N2O2. The Labute approximate surface area is 168 Å². The van der Waals surface area contributed by atoms with Crippen LogP contribution in [-0.4, -0.2) is 35.9 Å². The zero-order valence-electron chi connectivity index (χ0n) is 17.1. The lowest BCUT2D eigenvalue weighted by Gasteiger charge is -2.29. The Kier molecular flexibility index (Phi) is 8.27. The minimum absolute atomic E-state index is 0.0176. The molecule has 1 atom stereocenters. The molecule has 0 saturated heterocycles. The Morgan fingerprint density at radius 1 is 0.893 bits per heavy atom. The van der Waals surface area contributed by atoms with E-state index in [1.807, 2.05) is 67.6 Å². The molecule has 0 aliphatic heterocycles. The van der Waals surface area contributed by atoms with Crippen LogP contribution in [0.25, 0.3) is 0 Å². The van der Waals surface area contributed by atoms with Crippen LogP contribution in [0.5, 0.6) is 0 Å². The second-order valence-corrected chi connectivity index (χ2v) is 7.26. The molecule has 28 heavy (non-hydrogen) atoms. The first-order chi connectivity index (χ1) is 13.5. The summed E-state index contributed by atoms with van der Waals surface area (Å²) < 4.78 is 0. The Morgan fingerprint density at radius 3 is 1.93 bits per heavy atom. The normalized spacial score (nSPS) is 13.8. The number of Topliss-reactive ketones (excluding diaryl/α,β-unsaturated/α-hetero) is 2. The summed E-state index contributed by atoms with van der Waals surface area (Å²) in [4.78, 5) is 29.4. The van der Waals surface area contributed by atoms with Crippen LogP contribution in [0, 0.1) is 0 Å². The fourth-order valence-corrected chi connectivity index (χ4v) is 2.90. The van der Waals surface area contributed by atoms with Gasteiger partial charge in [-0.25, -0.2) is 0 Å². The molecule has 0 amide bonds. The van der Waals surface area contributed by atoms with Crippen LogP contribution >= 0.6 is 0 Å². The molecule has 0 aromatic heterocycles. The molecule has 0 bridgehead atoms. The maximum absolute atomic E-state index is 12.6. The minimum atomic E-state index is -0.313. The lowest BCUT2D eigenvalue weighted by molar-refractivity contribution is 0.0941. The van der Waals surface area contributed by atoms with Crippen molar-refractivity contribution in [1.29, 1.82) is 0 Å². The monoisotopic (exact) mass is 378 g/mol. The smallest absolute Gasteiger partial charge is 0.184 e.